The van der Waals surface area contributed by atoms with E-state index in [1.165, 1.54) is 11.8 Å². The van der Waals surface area contributed by atoms with Gasteiger partial charge >= 0.3 is 0 Å². The lowest BCUT2D eigenvalue weighted by molar-refractivity contribution is -0.120. The van der Waals surface area contributed by atoms with Gasteiger partial charge in [-0.3, -0.25) is 4.79 Å². The molecule has 0 bridgehead atoms. The van der Waals surface area contributed by atoms with Gasteiger partial charge in [-0.25, -0.2) is 9.97 Å². The van der Waals surface area contributed by atoms with Crippen molar-refractivity contribution in [3.8, 4) is 17.2 Å². The highest BCUT2D eigenvalue weighted by molar-refractivity contribution is 8.00. The molecule has 0 fully saturated rings. The molecule has 1 heterocycles. The summed E-state index contributed by atoms with van der Waals surface area (Å²) in [5.41, 5.74) is 0.844. The molecule has 1 aromatic carbocycles. The van der Waals surface area contributed by atoms with Crippen molar-refractivity contribution in [2.45, 2.75) is 23.9 Å². The van der Waals surface area contributed by atoms with Crippen molar-refractivity contribution >= 4 is 17.7 Å². The lowest BCUT2D eigenvalue weighted by Crippen LogP contribution is -2.30. The number of ether oxygens (including phenoxy) is 3. The number of hydrogen-bond acceptors (Lipinski definition) is 7. The van der Waals surface area contributed by atoms with E-state index >= 15 is 0 Å². The molecule has 7 nitrogen and oxygen atoms in total. The second-order valence-corrected chi connectivity index (χ2v) is 6.35. The van der Waals surface area contributed by atoms with Crippen molar-refractivity contribution in [1.82, 2.24) is 15.3 Å². The largest absolute Gasteiger partial charge is 0.493 e. The molecule has 134 valence electrons. The Hall–Kier alpha value is -2.48. The fourth-order valence-electron chi connectivity index (χ4n) is 2.13. The summed E-state index contributed by atoms with van der Waals surface area (Å²) in [6.45, 7) is 2.15. The Balaban J connectivity index is 2.01. The second kappa shape index (κ2) is 9.12. The second-order valence-electron chi connectivity index (χ2n) is 5.04. The van der Waals surface area contributed by atoms with Gasteiger partial charge in [0, 0.05) is 18.9 Å². The molecule has 2 rings (SSSR count). The third-order valence-corrected chi connectivity index (χ3v) is 4.37. The molecule has 0 aliphatic rings. The molecule has 0 aliphatic carbocycles. The highest BCUT2D eigenvalue weighted by Crippen LogP contribution is 2.38. The predicted molar refractivity (Wildman–Crippen MR) is 95.3 cm³/mol. The van der Waals surface area contributed by atoms with Gasteiger partial charge in [-0.15, -0.1) is 0 Å². The van der Waals surface area contributed by atoms with Gasteiger partial charge in [-0.2, -0.15) is 0 Å². The lowest BCUT2D eigenvalue weighted by Gasteiger charge is -2.15. The molecule has 1 atom stereocenters. The van der Waals surface area contributed by atoms with Gasteiger partial charge in [0.1, 0.15) is 0 Å². The zero-order chi connectivity index (χ0) is 18.2. The number of nitrogens with one attached hydrogen (secondary N) is 1. The van der Waals surface area contributed by atoms with Crippen LogP contribution in [-0.2, 0) is 11.3 Å². The van der Waals surface area contributed by atoms with Gasteiger partial charge in [-0.1, -0.05) is 11.8 Å². The first-order valence-electron chi connectivity index (χ1n) is 7.59. The number of aromatic nitrogens is 2. The Labute approximate surface area is 151 Å². The van der Waals surface area contributed by atoms with Crippen LogP contribution in [0.25, 0.3) is 0 Å². The molecule has 0 saturated carbocycles. The van der Waals surface area contributed by atoms with Crippen molar-refractivity contribution in [1.29, 1.82) is 0 Å². The highest BCUT2D eigenvalue weighted by atomic mass is 32.2. The van der Waals surface area contributed by atoms with E-state index < -0.39 is 0 Å². The maximum absolute atomic E-state index is 12.3. The molecular formula is C17H21N3O4S. The van der Waals surface area contributed by atoms with Crippen molar-refractivity contribution in [2.24, 2.45) is 0 Å². The van der Waals surface area contributed by atoms with Crippen molar-refractivity contribution < 1.29 is 19.0 Å². The predicted octanol–water partition coefficient (Wildman–Crippen LogP) is 2.30. The summed E-state index contributed by atoms with van der Waals surface area (Å²) in [6.07, 6.45) is 3.30. The van der Waals surface area contributed by atoms with E-state index in [4.69, 9.17) is 14.2 Å². The minimum absolute atomic E-state index is 0.105. The number of thioether (sulfide) groups is 1. The van der Waals surface area contributed by atoms with Gasteiger partial charge < -0.3 is 19.5 Å². The smallest absolute Gasteiger partial charge is 0.233 e. The normalized spacial score (nSPS) is 11.5. The van der Waals surface area contributed by atoms with E-state index in [1.807, 2.05) is 6.92 Å². The van der Waals surface area contributed by atoms with Crippen molar-refractivity contribution in [3.63, 3.8) is 0 Å². The number of hydrogen-bond donors (Lipinski definition) is 1. The monoisotopic (exact) mass is 363 g/mol. The number of nitrogens with zero attached hydrogens (tertiary/aromatic N) is 2. The lowest BCUT2D eigenvalue weighted by atomic mass is 10.1. The van der Waals surface area contributed by atoms with Crippen LogP contribution in [0.2, 0.25) is 0 Å². The van der Waals surface area contributed by atoms with Gasteiger partial charge in [-0.05, 0) is 30.7 Å². The van der Waals surface area contributed by atoms with Crippen molar-refractivity contribution in [2.75, 3.05) is 21.3 Å². The third kappa shape index (κ3) is 4.99. The first-order chi connectivity index (χ1) is 12.1. The number of amides is 1. The summed E-state index contributed by atoms with van der Waals surface area (Å²) in [7, 11) is 4.66. The Morgan fingerprint density at radius 1 is 1.12 bits per heavy atom. The summed E-state index contributed by atoms with van der Waals surface area (Å²) in [5, 5.41) is 3.14. The number of carbonyl (C=O) groups is 1. The fraction of sp³-hybridized carbons (Fsp3) is 0.353. The van der Waals surface area contributed by atoms with Crippen LogP contribution in [0.15, 0.2) is 35.7 Å². The minimum atomic E-state index is -0.315. The van der Waals surface area contributed by atoms with Crippen LogP contribution in [0.4, 0.5) is 0 Å². The molecule has 1 N–H and O–H groups in total. The molecule has 8 heteroatoms. The van der Waals surface area contributed by atoms with E-state index in [-0.39, 0.29) is 11.2 Å². The molecule has 1 aromatic heterocycles. The van der Waals surface area contributed by atoms with Gasteiger partial charge in [0.25, 0.3) is 0 Å². The quantitative estimate of drug-likeness (QED) is 0.569. The first kappa shape index (κ1) is 18.9. The molecule has 0 saturated heterocycles. The molecule has 25 heavy (non-hydrogen) atoms. The number of rotatable bonds is 8. The summed E-state index contributed by atoms with van der Waals surface area (Å²) in [5.74, 6) is 1.51. The Kier molecular flexibility index (Phi) is 6.88. The van der Waals surface area contributed by atoms with Crippen LogP contribution < -0.4 is 19.5 Å². The van der Waals surface area contributed by atoms with E-state index in [1.54, 1.807) is 51.9 Å². The summed E-state index contributed by atoms with van der Waals surface area (Å²) < 4.78 is 15.9. The summed E-state index contributed by atoms with van der Waals surface area (Å²) in [6, 6.07) is 5.35. The molecule has 0 unspecified atom stereocenters. The number of benzene rings is 1. The Bertz CT molecular complexity index is 687. The van der Waals surface area contributed by atoms with Crippen LogP contribution in [0.5, 0.6) is 17.2 Å². The molecule has 0 radical (unpaired) electrons. The molecular weight excluding hydrogens is 342 g/mol. The van der Waals surface area contributed by atoms with Crippen LogP contribution in [0.1, 0.15) is 12.5 Å². The Morgan fingerprint density at radius 3 is 2.24 bits per heavy atom. The van der Waals surface area contributed by atoms with E-state index in [9.17, 15) is 4.79 Å². The third-order valence-electron chi connectivity index (χ3n) is 3.38. The van der Waals surface area contributed by atoms with Gasteiger partial charge in [0.15, 0.2) is 16.7 Å². The Morgan fingerprint density at radius 2 is 1.72 bits per heavy atom. The maximum atomic E-state index is 12.3. The molecule has 0 spiro atoms. The standard InChI is InChI=1S/C17H21N3O4S/c1-11(25-17-18-6-5-7-19-17)16(21)20-10-12-8-13(22-2)15(24-4)14(9-12)23-3/h5-9,11H,10H2,1-4H3,(H,20,21)/t11-/m0/s1. The fourth-order valence-corrected chi connectivity index (χ4v) is 2.88. The van der Waals surface area contributed by atoms with Crippen molar-refractivity contribution in [3.05, 3.63) is 36.2 Å². The number of carbonyl (C=O) groups excluding carboxylic acids is 1. The maximum Gasteiger partial charge on any atom is 0.233 e. The van der Waals surface area contributed by atoms with E-state index in [0.717, 1.165) is 5.56 Å². The van der Waals surface area contributed by atoms with Gasteiger partial charge in [0.05, 0.1) is 26.6 Å². The molecule has 1 amide bonds. The van der Waals surface area contributed by atoms with E-state index in [2.05, 4.69) is 15.3 Å². The molecule has 2 aromatic rings. The topological polar surface area (TPSA) is 82.6 Å². The first-order valence-corrected chi connectivity index (χ1v) is 8.47. The summed E-state index contributed by atoms with van der Waals surface area (Å²) >= 11 is 1.30. The van der Waals surface area contributed by atoms with Gasteiger partial charge in [0.2, 0.25) is 11.7 Å². The van der Waals surface area contributed by atoms with Crippen LogP contribution >= 0.6 is 11.8 Å². The van der Waals surface area contributed by atoms with E-state index in [0.29, 0.717) is 28.9 Å². The molecule has 0 aliphatic heterocycles. The van der Waals surface area contributed by atoms with Crippen LogP contribution in [0, 0.1) is 0 Å². The number of methoxy groups -OCH3 is 3. The zero-order valence-corrected chi connectivity index (χ0v) is 15.4. The highest BCUT2D eigenvalue weighted by Gasteiger charge is 2.17. The average molecular weight is 363 g/mol. The zero-order valence-electron chi connectivity index (χ0n) is 14.6. The summed E-state index contributed by atoms with van der Waals surface area (Å²) in [4.78, 5) is 20.5. The van der Waals surface area contributed by atoms with Crippen LogP contribution in [0.3, 0.4) is 0 Å². The average Bonchev–Trinajstić information content (AvgIpc) is 2.65. The van der Waals surface area contributed by atoms with Crippen LogP contribution in [-0.4, -0.2) is 42.5 Å². The minimum Gasteiger partial charge on any atom is -0.493 e. The SMILES string of the molecule is COc1cc(CNC(=O)[C@H](C)Sc2ncccn2)cc(OC)c1OC.